The molecule has 9 aromatic rings. The van der Waals surface area contributed by atoms with Crippen molar-refractivity contribution in [3.8, 4) is 22.3 Å². The molecule has 0 amide bonds. The zero-order valence-electron chi connectivity index (χ0n) is 33.4. The van der Waals surface area contributed by atoms with E-state index < -0.39 is 5.41 Å². The van der Waals surface area contributed by atoms with Crippen molar-refractivity contribution in [1.29, 1.82) is 0 Å². The van der Waals surface area contributed by atoms with Crippen LogP contribution in [0.2, 0.25) is 0 Å². The summed E-state index contributed by atoms with van der Waals surface area (Å²) in [5.41, 5.74) is 17.7. The third-order valence-corrected chi connectivity index (χ3v) is 12.8. The molecule has 0 aliphatic heterocycles. The van der Waals surface area contributed by atoms with Gasteiger partial charge in [-0.2, -0.15) is 0 Å². The van der Waals surface area contributed by atoms with Gasteiger partial charge in [-0.1, -0.05) is 169 Å². The Morgan fingerprint density at radius 2 is 0.965 bits per heavy atom. The number of hydrogen-bond acceptors (Lipinski definition) is 2. The van der Waals surface area contributed by atoms with Crippen molar-refractivity contribution in [2.24, 2.45) is 0 Å². The van der Waals surface area contributed by atoms with Gasteiger partial charge in [0.15, 0.2) is 0 Å². The fourth-order valence-electron chi connectivity index (χ4n) is 10.1. The summed E-state index contributed by atoms with van der Waals surface area (Å²) in [5, 5.41) is 4.77. The molecule has 0 saturated heterocycles. The van der Waals surface area contributed by atoms with Crippen molar-refractivity contribution >= 4 is 49.8 Å². The minimum atomic E-state index is -0.547. The van der Waals surface area contributed by atoms with Crippen LogP contribution in [0.4, 0.5) is 17.1 Å². The first-order chi connectivity index (χ1) is 27.5. The number of anilines is 3. The summed E-state index contributed by atoms with van der Waals surface area (Å²) >= 11 is 0. The highest BCUT2D eigenvalue weighted by Gasteiger charge is 2.51. The fourth-order valence-corrected chi connectivity index (χ4v) is 10.1. The molecule has 2 aliphatic carbocycles. The van der Waals surface area contributed by atoms with E-state index in [-0.39, 0.29) is 10.8 Å². The molecule has 0 unspecified atom stereocenters. The predicted molar refractivity (Wildman–Crippen MR) is 240 cm³/mol. The fraction of sp³-hybridized carbons (Fsp3) is 0.164. The van der Waals surface area contributed by atoms with Crippen LogP contribution in [0, 0.1) is 0 Å². The van der Waals surface area contributed by atoms with E-state index in [1.54, 1.807) is 0 Å². The Bertz CT molecular complexity index is 2970. The van der Waals surface area contributed by atoms with Gasteiger partial charge in [0.05, 0.1) is 11.1 Å². The van der Waals surface area contributed by atoms with Crippen LogP contribution in [0.3, 0.4) is 0 Å². The smallest absolute Gasteiger partial charge is 0.143 e. The summed E-state index contributed by atoms with van der Waals surface area (Å²) < 4.78 is 6.96. The minimum absolute atomic E-state index is 0.0511. The van der Waals surface area contributed by atoms with Crippen molar-refractivity contribution in [3.05, 3.63) is 197 Å². The highest BCUT2D eigenvalue weighted by atomic mass is 16.3. The highest BCUT2D eigenvalue weighted by Crippen LogP contribution is 2.63. The average Bonchev–Trinajstić information content (AvgIpc) is 3.74. The lowest BCUT2D eigenvalue weighted by molar-refractivity contribution is 0.590. The maximum atomic E-state index is 6.96. The summed E-state index contributed by atoms with van der Waals surface area (Å²) in [5.74, 6) is 0. The van der Waals surface area contributed by atoms with E-state index in [1.807, 2.05) is 0 Å². The van der Waals surface area contributed by atoms with Gasteiger partial charge in [0.1, 0.15) is 11.2 Å². The number of rotatable bonds is 3. The van der Waals surface area contributed by atoms with Crippen LogP contribution >= 0.6 is 0 Å². The number of hydrogen-bond donors (Lipinski definition) is 0. The van der Waals surface area contributed by atoms with Crippen LogP contribution in [0.5, 0.6) is 0 Å². The Labute approximate surface area is 335 Å². The Morgan fingerprint density at radius 1 is 0.421 bits per heavy atom. The summed E-state index contributed by atoms with van der Waals surface area (Å²) in [7, 11) is 0. The average molecular weight is 736 g/mol. The summed E-state index contributed by atoms with van der Waals surface area (Å²) in [6, 6.07) is 61.4. The lowest BCUT2D eigenvalue weighted by atomic mass is 9.61. The van der Waals surface area contributed by atoms with E-state index in [1.165, 1.54) is 66.4 Å². The minimum Gasteiger partial charge on any atom is -0.455 e. The standard InChI is InChI=1S/C55H45NO/c1-53(2,3)34-22-26-36(27-23-34)56(37-28-24-35(25-29-37)54(4,5)6)48-33-31-43-50-42(48)17-13-20-46(50)55(44-18-10-7-14-38(44)39-15-8-11-19-45(39)55)47-32-30-41-40-16-9-12-21-49(40)57-52(41)51(43)47/h7-33H,1-6H3. The van der Waals surface area contributed by atoms with Crippen LogP contribution in [-0.2, 0) is 16.2 Å². The quantitative estimate of drug-likeness (QED) is 0.180. The highest BCUT2D eigenvalue weighted by molar-refractivity contribution is 6.18. The number of nitrogens with zero attached hydrogens (tertiary/aromatic N) is 1. The molecule has 1 heterocycles. The van der Waals surface area contributed by atoms with Crippen LogP contribution in [0.15, 0.2) is 168 Å². The molecule has 8 aromatic carbocycles. The Morgan fingerprint density at radius 3 is 1.58 bits per heavy atom. The molecule has 1 aromatic heterocycles. The molecule has 2 nitrogen and oxygen atoms in total. The van der Waals surface area contributed by atoms with E-state index in [0.29, 0.717) is 0 Å². The monoisotopic (exact) mass is 735 g/mol. The number of para-hydroxylation sites is 1. The molecule has 0 bridgehead atoms. The zero-order chi connectivity index (χ0) is 38.8. The molecule has 57 heavy (non-hydrogen) atoms. The Balaban J connectivity index is 1.27. The lowest BCUT2D eigenvalue weighted by Crippen LogP contribution is -2.32. The van der Waals surface area contributed by atoms with Gasteiger partial charge in [0.25, 0.3) is 0 Å². The van der Waals surface area contributed by atoms with E-state index in [2.05, 4.69) is 210 Å². The van der Waals surface area contributed by atoms with Gasteiger partial charge < -0.3 is 9.32 Å². The maximum absolute atomic E-state index is 6.96. The van der Waals surface area contributed by atoms with E-state index >= 15 is 0 Å². The second-order valence-electron chi connectivity index (χ2n) is 18.1. The summed E-state index contributed by atoms with van der Waals surface area (Å²) in [4.78, 5) is 2.46. The van der Waals surface area contributed by atoms with Crippen LogP contribution in [0.25, 0.3) is 55.0 Å². The first kappa shape index (κ1) is 33.9. The number of furan rings is 1. The van der Waals surface area contributed by atoms with E-state index in [9.17, 15) is 0 Å². The maximum Gasteiger partial charge on any atom is 0.143 e. The first-order valence-corrected chi connectivity index (χ1v) is 20.3. The third kappa shape index (κ3) is 4.71. The van der Waals surface area contributed by atoms with E-state index in [4.69, 9.17) is 4.42 Å². The molecular formula is C55H45NO. The van der Waals surface area contributed by atoms with Gasteiger partial charge >= 0.3 is 0 Å². The Hall–Kier alpha value is -6.38. The predicted octanol–water partition coefficient (Wildman–Crippen LogP) is 15.1. The second-order valence-corrected chi connectivity index (χ2v) is 18.1. The van der Waals surface area contributed by atoms with E-state index in [0.717, 1.165) is 39.0 Å². The summed E-state index contributed by atoms with van der Waals surface area (Å²) in [6.45, 7) is 13.7. The molecular weight excluding hydrogens is 691 g/mol. The van der Waals surface area contributed by atoms with Gasteiger partial charge in [0, 0.05) is 33.1 Å². The third-order valence-electron chi connectivity index (χ3n) is 12.8. The second kappa shape index (κ2) is 11.8. The van der Waals surface area contributed by atoms with Gasteiger partial charge in [-0.05, 0) is 103 Å². The Kier molecular flexibility index (Phi) is 7.03. The molecule has 0 N–H and O–H groups in total. The van der Waals surface area contributed by atoms with Crippen molar-refractivity contribution in [2.75, 3.05) is 4.90 Å². The van der Waals surface area contributed by atoms with Crippen molar-refractivity contribution < 1.29 is 4.42 Å². The largest absolute Gasteiger partial charge is 0.455 e. The van der Waals surface area contributed by atoms with Gasteiger partial charge in [-0.25, -0.2) is 0 Å². The van der Waals surface area contributed by atoms with Crippen LogP contribution < -0.4 is 4.90 Å². The lowest BCUT2D eigenvalue weighted by Gasteiger charge is -2.40. The van der Waals surface area contributed by atoms with Gasteiger partial charge in [-0.3, -0.25) is 0 Å². The van der Waals surface area contributed by atoms with Crippen molar-refractivity contribution in [3.63, 3.8) is 0 Å². The zero-order valence-corrected chi connectivity index (χ0v) is 33.4. The number of fused-ring (bicyclic) bond motifs is 13. The van der Waals surface area contributed by atoms with Gasteiger partial charge in [-0.15, -0.1) is 0 Å². The van der Waals surface area contributed by atoms with Crippen LogP contribution in [-0.4, -0.2) is 0 Å². The molecule has 1 spiro atoms. The number of benzene rings is 8. The first-order valence-electron chi connectivity index (χ1n) is 20.3. The molecule has 0 radical (unpaired) electrons. The molecule has 276 valence electrons. The summed E-state index contributed by atoms with van der Waals surface area (Å²) in [6.07, 6.45) is 0. The van der Waals surface area contributed by atoms with Crippen molar-refractivity contribution in [2.45, 2.75) is 57.8 Å². The molecule has 2 heteroatoms. The molecule has 2 aliphatic rings. The van der Waals surface area contributed by atoms with Crippen molar-refractivity contribution in [1.82, 2.24) is 0 Å². The SMILES string of the molecule is CC(C)(C)c1ccc(N(c2ccc(C(C)(C)C)cc2)c2ccc3c4c(cccc24)C2(c4ccccc4-c4ccccc42)c2ccc4c(oc5ccccc54)c2-3)cc1. The van der Waals surface area contributed by atoms with Crippen LogP contribution in [0.1, 0.15) is 74.9 Å². The molecule has 0 fully saturated rings. The molecule has 0 atom stereocenters. The topological polar surface area (TPSA) is 16.4 Å². The van der Waals surface area contributed by atoms with Gasteiger partial charge in [0.2, 0.25) is 0 Å². The molecule has 0 saturated carbocycles. The normalized spacial score (nSPS) is 13.9. The molecule has 11 rings (SSSR count).